The van der Waals surface area contributed by atoms with Crippen LogP contribution in [0.15, 0.2) is 24.3 Å². The van der Waals surface area contributed by atoms with Crippen molar-refractivity contribution in [1.29, 1.82) is 0 Å². The van der Waals surface area contributed by atoms with E-state index in [9.17, 15) is 4.79 Å². The molecule has 100 valence electrons. The van der Waals surface area contributed by atoms with Gasteiger partial charge in [-0.25, -0.2) is 9.48 Å². The summed E-state index contributed by atoms with van der Waals surface area (Å²) in [6.07, 6.45) is 0. The number of hydrogen-bond acceptors (Lipinski definition) is 4. The molecular weight excluding hydrogens is 246 g/mol. The van der Waals surface area contributed by atoms with Crippen LogP contribution in [0.3, 0.4) is 0 Å². The molecule has 0 aliphatic carbocycles. The molecule has 6 nitrogen and oxygen atoms in total. The van der Waals surface area contributed by atoms with Gasteiger partial charge in [-0.1, -0.05) is 5.21 Å². The molecule has 1 N–H and O–H groups in total. The molecule has 0 aliphatic rings. The van der Waals surface area contributed by atoms with Crippen molar-refractivity contribution in [2.45, 2.75) is 20.4 Å². The first kappa shape index (κ1) is 13.1. The molecule has 0 spiro atoms. The normalized spacial score (nSPS) is 10.4. The van der Waals surface area contributed by atoms with E-state index in [-0.39, 0.29) is 5.69 Å². The summed E-state index contributed by atoms with van der Waals surface area (Å²) in [7, 11) is 0. The molecule has 0 aliphatic heterocycles. The van der Waals surface area contributed by atoms with E-state index in [1.807, 2.05) is 26.0 Å². The van der Waals surface area contributed by atoms with Gasteiger partial charge in [0.1, 0.15) is 11.4 Å². The Morgan fingerprint density at radius 3 is 2.53 bits per heavy atom. The van der Waals surface area contributed by atoms with Gasteiger partial charge in [-0.3, -0.25) is 0 Å². The SMILES string of the molecule is CCOc1ccc(-c2c(C(=O)O)nnn2CC)cc1. The van der Waals surface area contributed by atoms with Gasteiger partial charge < -0.3 is 9.84 Å². The lowest BCUT2D eigenvalue weighted by molar-refractivity contribution is 0.0691. The zero-order chi connectivity index (χ0) is 13.8. The highest BCUT2D eigenvalue weighted by Crippen LogP contribution is 2.24. The fraction of sp³-hybridized carbons (Fsp3) is 0.308. The van der Waals surface area contributed by atoms with Gasteiger partial charge in [0.25, 0.3) is 0 Å². The average molecular weight is 261 g/mol. The lowest BCUT2D eigenvalue weighted by Gasteiger charge is -2.07. The van der Waals surface area contributed by atoms with E-state index in [1.54, 1.807) is 16.8 Å². The van der Waals surface area contributed by atoms with Crippen LogP contribution < -0.4 is 4.74 Å². The number of carbonyl (C=O) groups is 1. The van der Waals surface area contributed by atoms with Crippen molar-refractivity contribution in [3.63, 3.8) is 0 Å². The first-order chi connectivity index (χ1) is 9.17. The van der Waals surface area contributed by atoms with Crippen LogP contribution in [0.4, 0.5) is 0 Å². The maximum absolute atomic E-state index is 11.2. The van der Waals surface area contributed by atoms with E-state index in [0.29, 0.717) is 18.8 Å². The van der Waals surface area contributed by atoms with Gasteiger partial charge in [-0.15, -0.1) is 5.10 Å². The lowest BCUT2D eigenvalue weighted by atomic mass is 10.1. The van der Waals surface area contributed by atoms with Gasteiger partial charge in [0, 0.05) is 12.1 Å². The summed E-state index contributed by atoms with van der Waals surface area (Å²) in [5.41, 5.74) is 1.23. The van der Waals surface area contributed by atoms with E-state index in [1.165, 1.54) is 0 Å². The highest BCUT2D eigenvalue weighted by Gasteiger charge is 2.19. The second kappa shape index (κ2) is 5.51. The topological polar surface area (TPSA) is 77.2 Å². The van der Waals surface area contributed by atoms with Crippen LogP contribution in [-0.2, 0) is 6.54 Å². The Balaban J connectivity index is 2.45. The Morgan fingerprint density at radius 1 is 1.32 bits per heavy atom. The van der Waals surface area contributed by atoms with E-state index in [2.05, 4.69) is 10.3 Å². The van der Waals surface area contributed by atoms with Gasteiger partial charge in [-0.05, 0) is 38.1 Å². The number of carboxylic acid groups (broad SMARTS) is 1. The summed E-state index contributed by atoms with van der Waals surface area (Å²) in [4.78, 5) is 11.2. The number of aromatic carboxylic acids is 1. The number of carboxylic acids is 1. The zero-order valence-corrected chi connectivity index (χ0v) is 10.8. The summed E-state index contributed by atoms with van der Waals surface area (Å²) in [6.45, 7) is 4.95. The molecule has 0 atom stereocenters. The van der Waals surface area contributed by atoms with E-state index in [4.69, 9.17) is 9.84 Å². The monoisotopic (exact) mass is 261 g/mol. The van der Waals surface area contributed by atoms with Crippen LogP contribution in [0, 0.1) is 0 Å². The van der Waals surface area contributed by atoms with Crippen molar-refractivity contribution in [1.82, 2.24) is 15.0 Å². The van der Waals surface area contributed by atoms with Crippen LogP contribution in [-0.4, -0.2) is 32.7 Å². The molecule has 6 heteroatoms. The van der Waals surface area contributed by atoms with Gasteiger partial charge >= 0.3 is 5.97 Å². The molecule has 1 aromatic carbocycles. The number of ether oxygens (including phenoxy) is 1. The summed E-state index contributed by atoms with van der Waals surface area (Å²) in [5, 5.41) is 16.7. The Kier molecular flexibility index (Phi) is 3.79. The van der Waals surface area contributed by atoms with E-state index < -0.39 is 5.97 Å². The average Bonchev–Trinajstić information content (AvgIpc) is 2.84. The molecule has 2 rings (SSSR count). The number of rotatable bonds is 5. The zero-order valence-electron chi connectivity index (χ0n) is 10.8. The Bertz CT molecular complexity index is 575. The first-order valence-corrected chi connectivity index (χ1v) is 6.07. The predicted molar refractivity (Wildman–Crippen MR) is 69.3 cm³/mol. The third-order valence-electron chi connectivity index (χ3n) is 2.68. The Hall–Kier alpha value is -2.37. The van der Waals surface area contributed by atoms with Crippen molar-refractivity contribution in [2.24, 2.45) is 0 Å². The molecule has 1 heterocycles. The Morgan fingerprint density at radius 2 is 2.00 bits per heavy atom. The highest BCUT2D eigenvalue weighted by molar-refractivity contribution is 5.92. The van der Waals surface area contributed by atoms with Gasteiger partial charge in [-0.2, -0.15) is 0 Å². The molecule has 0 unspecified atom stereocenters. The molecule has 0 fully saturated rings. The minimum atomic E-state index is -1.08. The molecule has 0 amide bonds. The number of hydrogen-bond donors (Lipinski definition) is 1. The summed E-state index contributed by atoms with van der Waals surface area (Å²) in [6, 6.07) is 7.22. The first-order valence-electron chi connectivity index (χ1n) is 6.07. The van der Waals surface area contributed by atoms with E-state index in [0.717, 1.165) is 11.3 Å². The largest absolute Gasteiger partial charge is 0.494 e. The second-order valence-electron chi connectivity index (χ2n) is 3.86. The predicted octanol–water partition coefficient (Wildman–Crippen LogP) is 2.06. The van der Waals surface area contributed by atoms with Crippen LogP contribution in [0.1, 0.15) is 24.3 Å². The number of benzene rings is 1. The molecule has 0 radical (unpaired) electrons. The van der Waals surface area contributed by atoms with Gasteiger partial charge in [0.2, 0.25) is 0 Å². The molecule has 19 heavy (non-hydrogen) atoms. The minimum Gasteiger partial charge on any atom is -0.494 e. The Labute approximate surface area is 110 Å². The van der Waals surface area contributed by atoms with Gasteiger partial charge in [0.15, 0.2) is 5.69 Å². The number of aromatic nitrogens is 3. The molecule has 0 saturated heterocycles. The fourth-order valence-corrected chi connectivity index (χ4v) is 1.84. The maximum atomic E-state index is 11.2. The maximum Gasteiger partial charge on any atom is 0.358 e. The highest BCUT2D eigenvalue weighted by atomic mass is 16.5. The molecular formula is C13H15N3O3. The van der Waals surface area contributed by atoms with Crippen LogP contribution in [0.5, 0.6) is 5.75 Å². The van der Waals surface area contributed by atoms with Crippen LogP contribution in [0.2, 0.25) is 0 Å². The molecule has 2 aromatic rings. The fourth-order valence-electron chi connectivity index (χ4n) is 1.84. The molecule has 1 aromatic heterocycles. The van der Waals surface area contributed by atoms with Crippen LogP contribution in [0.25, 0.3) is 11.3 Å². The quantitative estimate of drug-likeness (QED) is 0.891. The van der Waals surface area contributed by atoms with Crippen LogP contribution >= 0.6 is 0 Å². The standard InChI is InChI=1S/C13H15N3O3/c1-3-16-12(11(13(17)18)14-15-16)9-5-7-10(8-6-9)19-4-2/h5-8H,3-4H2,1-2H3,(H,17,18). The van der Waals surface area contributed by atoms with Crippen molar-refractivity contribution in [3.05, 3.63) is 30.0 Å². The smallest absolute Gasteiger partial charge is 0.358 e. The summed E-state index contributed by atoms with van der Waals surface area (Å²) >= 11 is 0. The summed E-state index contributed by atoms with van der Waals surface area (Å²) in [5.74, 6) is -0.331. The third kappa shape index (κ3) is 2.57. The van der Waals surface area contributed by atoms with E-state index >= 15 is 0 Å². The number of nitrogens with zero attached hydrogens (tertiary/aromatic N) is 3. The van der Waals surface area contributed by atoms with Crippen molar-refractivity contribution >= 4 is 5.97 Å². The number of aryl methyl sites for hydroxylation is 1. The minimum absolute atomic E-state index is 0.0361. The van der Waals surface area contributed by atoms with Gasteiger partial charge in [0.05, 0.1) is 6.61 Å². The van der Waals surface area contributed by atoms with Crippen molar-refractivity contribution < 1.29 is 14.6 Å². The molecule has 0 bridgehead atoms. The lowest BCUT2D eigenvalue weighted by Crippen LogP contribution is -2.03. The second-order valence-corrected chi connectivity index (χ2v) is 3.86. The third-order valence-corrected chi connectivity index (χ3v) is 2.68. The van der Waals surface area contributed by atoms with Crippen molar-refractivity contribution in [3.8, 4) is 17.0 Å². The summed E-state index contributed by atoms with van der Waals surface area (Å²) < 4.78 is 6.93. The molecule has 0 saturated carbocycles. The van der Waals surface area contributed by atoms with Crippen molar-refractivity contribution in [2.75, 3.05) is 6.61 Å².